The van der Waals surface area contributed by atoms with Crippen LogP contribution in [-0.4, -0.2) is 0 Å². The van der Waals surface area contributed by atoms with E-state index < -0.39 is 5.82 Å². The Kier molecular flexibility index (Phi) is 3.82. The van der Waals surface area contributed by atoms with Crippen LogP contribution in [0.1, 0.15) is 0 Å². The number of nitrogens with two attached hydrogens (primary N) is 1. The summed E-state index contributed by atoms with van der Waals surface area (Å²) >= 11 is 13.0. The van der Waals surface area contributed by atoms with Crippen molar-refractivity contribution in [2.75, 3.05) is 5.73 Å². The number of halogens is 3. The van der Waals surface area contributed by atoms with Gasteiger partial charge in [0.15, 0.2) is 0 Å². The second kappa shape index (κ2) is 5.17. The van der Waals surface area contributed by atoms with Gasteiger partial charge in [0.2, 0.25) is 0 Å². The molecular formula is C12H8Cl2FNS. The molecular weight excluding hydrogens is 280 g/mol. The smallest absolute Gasteiger partial charge is 0.143 e. The summed E-state index contributed by atoms with van der Waals surface area (Å²) in [5, 5.41) is 0.623. The van der Waals surface area contributed by atoms with E-state index in [-0.39, 0.29) is 5.02 Å². The number of benzene rings is 2. The van der Waals surface area contributed by atoms with Crippen molar-refractivity contribution in [3.8, 4) is 0 Å². The van der Waals surface area contributed by atoms with Crippen molar-refractivity contribution in [1.82, 2.24) is 0 Å². The zero-order valence-corrected chi connectivity index (χ0v) is 10.9. The predicted octanol–water partition coefficient (Wildman–Crippen LogP) is 4.87. The Morgan fingerprint density at radius 2 is 1.71 bits per heavy atom. The van der Waals surface area contributed by atoms with E-state index in [9.17, 15) is 4.39 Å². The largest absolute Gasteiger partial charge is 0.398 e. The van der Waals surface area contributed by atoms with E-state index in [1.54, 1.807) is 6.07 Å². The van der Waals surface area contributed by atoms with Crippen molar-refractivity contribution in [2.45, 2.75) is 9.79 Å². The Hall–Kier alpha value is -0.900. The molecule has 88 valence electrons. The van der Waals surface area contributed by atoms with Gasteiger partial charge in [0.25, 0.3) is 0 Å². The van der Waals surface area contributed by atoms with Gasteiger partial charge >= 0.3 is 0 Å². The van der Waals surface area contributed by atoms with Gasteiger partial charge in [-0.2, -0.15) is 0 Å². The minimum Gasteiger partial charge on any atom is -0.398 e. The van der Waals surface area contributed by atoms with Crippen LogP contribution < -0.4 is 5.73 Å². The zero-order valence-electron chi connectivity index (χ0n) is 8.58. The van der Waals surface area contributed by atoms with Crippen LogP contribution in [0.4, 0.5) is 10.1 Å². The molecule has 0 fully saturated rings. The van der Waals surface area contributed by atoms with Crippen LogP contribution in [0.3, 0.4) is 0 Å². The summed E-state index contributed by atoms with van der Waals surface area (Å²) in [5.74, 6) is -0.490. The van der Waals surface area contributed by atoms with Gasteiger partial charge in [-0.3, -0.25) is 0 Å². The van der Waals surface area contributed by atoms with Crippen molar-refractivity contribution in [3.63, 3.8) is 0 Å². The summed E-state index contributed by atoms with van der Waals surface area (Å²) in [7, 11) is 0. The number of nitrogen functional groups attached to an aromatic ring is 1. The average Bonchev–Trinajstić information content (AvgIpc) is 2.29. The normalized spacial score (nSPS) is 10.5. The number of hydrogen-bond donors (Lipinski definition) is 1. The molecule has 1 nitrogen and oxygen atoms in total. The van der Waals surface area contributed by atoms with Crippen molar-refractivity contribution < 1.29 is 4.39 Å². The highest BCUT2D eigenvalue weighted by molar-refractivity contribution is 7.99. The van der Waals surface area contributed by atoms with Crippen molar-refractivity contribution in [3.05, 3.63) is 52.3 Å². The van der Waals surface area contributed by atoms with Gasteiger partial charge in [0, 0.05) is 15.5 Å². The molecule has 0 saturated heterocycles. The van der Waals surface area contributed by atoms with E-state index >= 15 is 0 Å². The fourth-order valence-corrected chi connectivity index (χ4v) is 2.59. The Bertz CT molecular complexity index is 560. The van der Waals surface area contributed by atoms with Gasteiger partial charge in [-0.1, -0.05) is 47.1 Å². The van der Waals surface area contributed by atoms with Crippen LogP contribution in [0.5, 0.6) is 0 Å². The predicted molar refractivity (Wildman–Crippen MR) is 71.4 cm³/mol. The quantitative estimate of drug-likeness (QED) is 0.798. The summed E-state index contributed by atoms with van der Waals surface area (Å²) in [4.78, 5) is 1.42. The Balaban J connectivity index is 2.37. The van der Waals surface area contributed by atoms with Gasteiger partial charge in [-0.25, -0.2) is 4.39 Å². The van der Waals surface area contributed by atoms with Crippen LogP contribution >= 0.6 is 35.0 Å². The molecule has 0 heterocycles. The summed E-state index contributed by atoms with van der Waals surface area (Å²) in [6.45, 7) is 0. The zero-order chi connectivity index (χ0) is 12.4. The number of rotatable bonds is 2. The third-order valence-corrected chi connectivity index (χ3v) is 3.99. The molecule has 5 heteroatoms. The highest BCUT2D eigenvalue weighted by Crippen LogP contribution is 2.37. The molecule has 0 aliphatic rings. The topological polar surface area (TPSA) is 26.0 Å². The lowest BCUT2D eigenvalue weighted by molar-refractivity contribution is 0.625. The van der Waals surface area contributed by atoms with Gasteiger partial charge in [-0.15, -0.1) is 0 Å². The molecule has 0 radical (unpaired) electrons. The second-order valence-electron chi connectivity index (χ2n) is 3.34. The molecule has 2 rings (SSSR count). The van der Waals surface area contributed by atoms with Crippen LogP contribution in [0.25, 0.3) is 0 Å². The van der Waals surface area contributed by atoms with Gasteiger partial charge < -0.3 is 5.73 Å². The molecule has 2 aromatic carbocycles. The van der Waals surface area contributed by atoms with E-state index in [4.69, 9.17) is 28.9 Å². The van der Waals surface area contributed by atoms with Crippen LogP contribution in [-0.2, 0) is 0 Å². The molecule has 0 atom stereocenters. The summed E-state index contributed by atoms with van der Waals surface area (Å²) in [6, 6.07) is 10.0. The lowest BCUT2D eigenvalue weighted by atomic mass is 10.3. The lowest BCUT2D eigenvalue weighted by Crippen LogP contribution is -1.91. The standard InChI is InChI=1S/C12H8Cl2FNS/c13-7-3-1-2-4-11(7)17-12-6-9(15)8(14)5-10(12)16/h1-6H,16H2. The van der Waals surface area contributed by atoms with Gasteiger partial charge in [-0.05, 0) is 24.3 Å². The fraction of sp³-hybridized carbons (Fsp3) is 0. The number of hydrogen-bond acceptors (Lipinski definition) is 2. The first kappa shape index (κ1) is 12.6. The SMILES string of the molecule is Nc1cc(Cl)c(F)cc1Sc1ccccc1Cl. The molecule has 0 bridgehead atoms. The minimum atomic E-state index is -0.490. The Morgan fingerprint density at radius 3 is 2.41 bits per heavy atom. The van der Waals surface area contributed by atoms with E-state index in [1.165, 1.54) is 23.9 Å². The number of anilines is 1. The maximum atomic E-state index is 13.3. The third kappa shape index (κ3) is 2.86. The summed E-state index contributed by atoms with van der Waals surface area (Å²) in [5.41, 5.74) is 6.20. The first-order valence-electron chi connectivity index (χ1n) is 4.75. The molecule has 0 unspecified atom stereocenters. The Labute approximate surface area is 113 Å². The molecule has 0 aliphatic carbocycles. The van der Waals surface area contributed by atoms with Gasteiger partial charge in [0.05, 0.1) is 10.0 Å². The van der Waals surface area contributed by atoms with E-state index in [2.05, 4.69) is 0 Å². The Morgan fingerprint density at radius 1 is 1.00 bits per heavy atom. The molecule has 0 spiro atoms. The maximum absolute atomic E-state index is 13.3. The first-order chi connectivity index (χ1) is 8.08. The molecule has 2 N–H and O–H groups in total. The van der Waals surface area contributed by atoms with Crippen molar-refractivity contribution in [1.29, 1.82) is 0 Å². The monoisotopic (exact) mass is 287 g/mol. The first-order valence-corrected chi connectivity index (χ1v) is 6.32. The lowest BCUT2D eigenvalue weighted by Gasteiger charge is -2.07. The molecule has 0 aromatic heterocycles. The molecule has 0 amide bonds. The minimum absolute atomic E-state index is 0.0195. The molecule has 0 aliphatic heterocycles. The van der Waals surface area contributed by atoms with Crippen molar-refractivity contribution in [2.24, 2.45) is 0 Å². The highest BCUT2D eigenvalue weighted by Gasteiger charge is 2.09. The maximum Gasteiger partial charge on any atom is 0.143 e. The van der Waals surface area contributed by atoms with E-state index in [1.807, 2.05) is 18.2 Å². The van der Waals surface area contributed by atoms with Gasteiger partial charge in [0.1, 0.15) is 5.82 Å². The van der Waals surface area contributed by atoms with Crippen LogP contribution in [0.15, 0.2) is 46.2 Å². The van der Waals surface area contributed by atoms with Crippen molar-refractivity contribution >= 4 is 40.7 Å². The fourth-order valence-electron chi connectivity index (χ4n) is 1.28. The molecule has 0 saturated carbocycles. The summed E-state index contributed by atoms with van der Waals surface area (Å²) < 4.78 is 13.3. The molecule has 17 heavy (non-hydrogen) atoms. The molecule has 2 aromatic rings. The van der Waals surface area contributed by atoms with E-state index in [0.717, 1.165) is 4.90 Å². The second-order valence-corrected chi connectivity index (χ2v) is 5.23. The van der Waals surface area contributed by atoms with Crippen LogP contribution in [0.2, 0.25) is 10.0 Å². The third-order valence-electron chi connectivity index (χ3n) is 2.11. The average molecular weight is 288 g/mol. The summed E-state index contributed by atoms with van der Waals surface area (Å²) in [6.07, 6.45) is 0. The highest BCUT2D eigenvalue weighted by atomic mass is 35.5. The van der Waals surface area contributed by atoms with E-state index in [0.29, 0.717) is 15.6 Å². The van der Waals surface area contributed by atoms with Crippen LogP contribution in [0, 0.1) is 5.82 Å².